The molecule has 14 aromatic carbocycles. The third kappa shape index (κ3) is 7.89. The molecular weight excluding hydrogens is 1110 g/mol. The molecule has 17 rings (SSSR count). The second-order valence-corrected chi connectivity index (χ2v) is 24.1. The van der Waals surface area contributed by atoms with E-state index in [1.54, 1.807) is 0 Å². The molecule has 0 N–H and O–H groups in total. The van der Waals surface area contributed by atoms with Crippen LogP contribution in [0.3, 0.4) is 0 Å². The first kappa shape index (κ1) is 54.1. The number of hydrogen-bond acceptors (Lipinski definition) is 4. The molecule has 4 nitrogen and oxygen atoms in total. The predicted molar refractivity (Wildman–Crippen MR) is 376 cm³/mol. The first-order valence-electron chi connectivity index (χ1n) is 31.6. The van der Waals surface area contributed by atoms with Crippen molar-refractivity contribution < 1.29 is 0 Å². The summed E-state index contributed by atoms with van der Waals surface area (Å²) in [7, 11) is 0. The van der Waals surface area contributed by atoms with Crippen LogP contribution in [0, 0.1) is 11.3 Å². The monoisotopic (exact) mass is 1170 g/mol. The molecule has 4 heteroatoms. The van der Waals surface area contributed by atoms with Crippen LogP contribution in [0.2, 0.25) is 0 Å². The fourth-order valence-corrected chi connectivity index (χ4v) is 16.1. The largest absolute Gasteiger partial charge is 0.308 e. The van der Waals surface area contributed by atoms with Gasteiger partial charge in [-0.05, 0) is 139 Å². The van der Waals surface area contributed by atoms with Crippen LogP contribution in [-0.2, 0) is 16.2 Å². The second kappa shape index (κ2) is 21.9. The molecule has 0 saturated heterocycles. The van der Waals surface area contributed by atoms with E-state index in [4.69, 9.17) is 0 Å². The van der Waals surface area contributed by atoms with Gasteiger partial charge < -0.3 is 14.7 Å². The molecule has 0 saturated carbocycles. The van der Waals surface area contributed by atoms with Crippen LogP contribution in [0.1, 0.15) is 72.3 Å². The minimum absolute atomic E-state index is 0.599. The van der Waals surface area contributed by atoms with Crippen molar-refractivity contribution in [1.82, 2.24) is 0 Å². The normalized spacial score (nSPS) is 14.3. The molecule has 0 bridgehead atoms. The van der Waals surface area contributed by atoms with Gasteiger partial charge in [0.05, 0.1) is 79.1 Å². The zero-order valence-electron chi connectivity index (χ0n) is 50.4. The Hall–Kier alpha value is -12.0. The van der Waals surface area contributed by atoms with Gasteiger partial charge in [-0.25, -0.2) is 0 Å². The van der Waals surface area contributed by atoms with Crippen LogP contribution in [0.25, 0.3) is 11.1 Å². The van der Waals surface area contributed by atoms with E-state index in [9.17, 15) is 5.26 Å². The second-order valence-electron chi connectivity index (χ2n) is 24.1. The molecule has 0 aliphatic carbocycles. The summed E-state index contributed by atoms with van der Waals surface area (Å²) in [5.74, 6) is 0. The highest BCUT2D eigenvalue weighted by Gasteiger charge is 2.52. The number of para-hydroxylation sites is 6. The molecule has 0 radical (unpaired) electrons. The van der Waals surface area contributed by atoms with E-state index in [2.05, 4.69) is 373 Å². The van der Waals surface area contributed by atoms with E-state index in [0.29, 0.717) is 5.56 Å². The lowest BCUT2D eigenvalue weighted by Crippen LogP contribution is -2.40. The maximum atomic E-state index is 10.4. The average molecular weight is 1170 g/mol. The zero-order chi connectivity index (χ0) is 61.2. The minimum atomic E-state index is -0.750. The van der Waals surface area contributed by atoms with Crippen molar-refractivity contribution in [2.75, 3.05) is 14.7 Å². The standard InChI is InChI=1S/C88H60N4/c89-61-62-55-57-63(58-56-62)64-59-83(90-77-49-25-19-43-71(77)86(65-31-7-1-8-32-65,66-33-9-2-10-34-66)72-44-20-26-50-78(72)90)85(92-81-53-29-23-47-75(81)88(69-39-15-5-16-40-69,70-41-17-6-18-42-70)76-48-24-30-54-82(76)92)84(60-64)91-79-51-27-21-45-73(79)87(67-35-11-3-12-36-67,68-37-13-4-14-38-68)74-46-22-28-52-80(74)91/h1-60H. The number of hydrogen-bond donors (Lipinski definition) is 0. The van der Waals surface area contributed by atoms with E-state index in [1.165, 1.54) is 33.4 Å². The van der Waals surface area contributed by atoms with Gasteiger partial charge in [0.2, 0.25) is 0 Å². The Kier molecular flexibility index (Phi) is 12.9. The molecule has 0 atom stereocenters. The topological polar surface area (TPSA) is 33.5 Å². The molecular formula is C88H60N4. The fourth-order valence-electron chi connectivity index (χ4n) is 16.1. The molecule has 14 aromatic rings. The Morgan fingerprint density at radius 2 is 0.424 bits per heavy atom. The van der Waals surface area contributed by atoms with E-state index < -0.39 is 16.2 Å². The summed E-state index contributed by atoms with van der Waals surface area (Å²) in [6.07, 6.45) is 0. The summed E-state index contributed by atoms with van der Waals surface area (Å²) in [6, 6.07) is 137. The molecule has 0 amide bonds. The van der Waals surface area contributed by atoms with Crippen LogP contribution in [0.15, 0.2) is 364 Å². The summed E-state index contributed by atoms with van der Waals surface area (Å²) in [5, 5.41) is 10.4. The van der Waals surface area contributed by atoms with Crippen molar-refractivity contribution in [3.63, 3.8) is 0 Å². The summed E-state index contributed by atoms with van der Waals surface area (Å²) in [4.78, 5) is 7.75. The molecule has 3 aliphatic heterocycles. The Morgan fingerprint density at radius 1 is 0.207 bits per heavy atom. The van der Waals surface area contributed by atoms with Gasteiger partial charge in [-0.15, -0.1) is 0 Å². The first-order chi connectivity index (χ1) is 45.6. The molecule has 92 heavy (non-hydrogen) atoms. The Morgan fingerprint density at radius 3 is 0.663 bits per heavy atom. The highest BCUT2D eigenvalue weighted by molar-refractivity contribution is 6.08. The van der Waals surface area contributed by atoms with Gasteiger partial charge in [0.25, 0.3) is 0 Å². The Balaban J connectivity index is 1.06. The number of anilines is 9. The van der Waals surface area contributed by atoms with Crippen molar-refractivity contribution >= 4 is 51.2 Å². The highest BCUT2D eigenvalue weighted by atomic mass is 15.3. The summed E-state index contributed by atoms with van der Waals surface area (Å²) in [5.41, 5.74) is 23.6. The van der Waals surface area contributed by atoms with E-state index in [-0.39, 0.29) is 0 Å². The van der Waals surface area contributed by atoms with Crippen LogP contribution >= 0.6 is 0 Å². The van der Waals surface area contributed by atoms with Gasteiger partial charge >= 0.3 is 0 Å². The van der Waals surface area contributed by atoms with E-state index in [1.807, 2.05) is 12.1 Å². The molecule has 432 valence electrons. The molecule has 3 aliphatic rings. The van der Waals surface area contributed by atoms with Crippen molar-refractivity contribution in [3.8, 4) is 17.2 Å². The Labute approximate surface area is 537 Å². The van der Waals surface area contributed by atoms with Crippen molar-refractivity contribution in [1.29, 1.82) is 5.26 Å². The number of nitrogens with zero attached hydrogens (tertiary/aromatic N) is 4. The third-order valence-corrected chi connectivity index (χ3v) is 19.7. The summed E-state index contributed by atoms with van der Waals surface area (Å²) < 4.78 is 0. The molecule has 0 fully saturated rings. The van der Waals surface area contributed by atoms with Crippen molar-refractivity contribution in [3.05, 3.63) is 436 Å². The summed E-state index contributed by atoms with van der Waals surface area (Å²) >= 11 is 0. The minimum Gasteiger partial charge on any atom is -0.308 e. The SMILES string of the molecule is N#Cc1ccc(-c2cc(N3c4ccccc4C(c4ccccc4)(c4ccccc4)c4ccccc43)c(N3c4ccccc4C(c4ccccc4)(c4ccccc4)c4ccccc43)c(N3c4ccccc4C(c4ccccc4)(c4ccccc4)c4ccccc43)c2)cc1. The van der Waals surface area contributed by atoms with Gasteiger partial charge in [-0.2, -0.15) is 5.26 Å². The quantitative estimate of drug-likeness (QED) is 0.137. The number of nitriles is 1. The molecule has 3 heterocycles. The lowest BCUT2D eigenvalue weighted by Gasteiger charge is -2.51. The molecule has 0 aromatic heterocycles. The number of rotatable bonds is 10. The lowest BCUT2D eigenvalue weighted by molar-refractivity contribution is 0.727. The van der Waals surface area contributed by atoms with Crippen LogP contribution in [0.5, 0.6) is 0 Å². The van der Waals surface area contributed by atoms with E-state index >= 15 is 0 Å². The summed E-state index contributed by atoms with van der Waals surface area (Å²) in [6.45, 7) is 0. The van der Waals surface area contributed by atoms with Gasteiger partial charge in [0, 0.05) is 0 Å². The average Bonchev–Trinajstić information content (AvgIpc) is 0.699. The lowest BCUT2D eigenvalue weighted by atomic mass is 9.62. The van der Waals surface area contributed by atoms with Crippen LogP contribution in [-0.4, -0.2) is 0 Å². The van der Waals surface area contributed by atoms with Gasteiger partial charge in [0.1, 0.15) is 0 Å². The highest BCUT2D eigenvalue weighted by Crippen LogP contribution is 2.67. The third-order valence-electron chi connectivity index (χ3n) is 19.7. The van der Waals surface area contributed by atoms with Gasteiger partial charge in [-0.1, -0.05) is 303 Å². The smallest absolute Gasteiger partial charge is 0.0991 e. The number of benzene rings is 14. The number of fused-ring (bicyclic) bond motifs is 6. The predicted octanol–water partition coefficient (Wildman–Crippen LogP) is 21.7. The fraction of sp³-hybridized carbons (Fsp3) is 0.0341. The van der Waals surface area contributed by atoms with Gasteiger partial charge in [0.15, 0.2) is 0 Å². The Bertz CT molecular complexity index is 4650. The van der Waals surface area contributed by atoms with Crippen LogP contribution < -0.4 is 14.7 Å². The molecule has 0 unspecified atom stereocenters. The molecule has 0 spiro atoms. The zero-order valence-corrected chi connectivity index (χ0v) is 50.4. The maximum absolute atomic E-state index is 10.4. The van der Waals surface area contributed by atoms with Gasteiger partial charge in [-0.3, -0.25) is 0 Å². The maximum Gasteiger partial charge on any atom is 0.0991 e. The first-order valence-corrected chi connectivity index (χ1v) is 31.6. The van der Waals surface area contributed by atoms with Crippen molar-refractivity contribution in [2.24, 2.45) is 0 Å². The van der Waals surface area contributed by atoms with Crippen molar-refractivity contribution in [2.45, 2.75) is 16.2 Å². The van der Waals surface area contributed by atoms with Crippen LogP contribution in [0.4, 0.5) is 51.2 Å². The van der Waals surface area contributed by atoms with E-state index in [0.717, 1.165) is 95.7 Å².